The molecule has 0 aliphatic carbocycles. The number of nitrogens with two attached hydrogens (primary N) is 1. The van der Waals surface area contributed by atoms with Crippen molar-refractivity contribution >= 4 is 23.6 Å². The number of hydrogen-bond donors (Lipinski definition) is 4. The molecule has 11 heteroatoms. The number of benzene rings is 2. The Balaban J connectivity index is 1.88. The van der Waals surface area contributed by atoms with Crippen molar-refractivity contribution in [3.8, 4) is 5.75 Å². The van der Waals surface area contributed by atoms with Crippen molar-refractivity contribution in [1.82, 2.24) is 20.4 Å². The number of nitrogens with one attached hydrogen (secondary N) is 2. The van der Waals surface area contributed by atoms with Crippen molar-refractivity contribution in [1.29, 1.82) is 0 Å². The molecule has 246 valence electrons. The summed E-state index contributed by atoms with van der Waals surface area (Å²) in [6, 6.07) is 8.03. The van der Waals surface area contributed by atoms with Gasteiger partial charge in [-0.05, 0) is 72.4 Å². The lowest BCUT2D eigenvalue weighted by atomic mass is 9.84. The van der Waals surface area contributed by atoms with Crippen LogP contribution in [0.3, 0.4) is 0 Å². The third kappa shape index (κ3) is 10.3. The average molecular weight is 626 g/mol. The van der Waals surface area contributed by atoms with Crippen molar-refractivity contribution in [3.05, 3.63) is 65.0 Å². The fraction of sp³-hybridized carbons (Fsp3) is 0.529. The molecule has 2 aromatic rings. The van der Waals surface area contributed by atoms with Gasteiger partial charge in [-0.15, -0.1) is 0 Å². The summed E-state index contributed by atoms with van der Waals surface area (Å²) < 4.78 is 13.4. The maximum atomic E-state index is 13.9. The lowest BCUT2D eigenvalue weighted by Crippen LogP contribution is -2.57. The molecule has 1 heterocycles. The molecule has 10 nitrogen and oxygen atoms in total. The maximum absolute atomic E-state index is 13.9. The highest BCUT2D eigenvalue weighted by atomic mass is 19.1. The van der Waals surface area contributed by atoms with Crippen molar-refractivity contribution in [3.63, 3.8) is 0 Å². The van der Waals surface area contributed by atoms with E-state index in [1.165, 1.54) is 31.0 Å². The van der Waals surface area contributed by atoms with Gasteiger partial charge in [0, 0.05) is 40.0 Å². The Bertz CT molecular complexity index is 1340. The number of halogens is 1. The Morgan fingerprint density at radius 2 is 1.69 bits per heavy atom. The van der Waals surface area contributed by atoms with Crippen LogP contribution in [0.25, 0.3) is 0 Å². The summed E-state index contributed by atoms with van der Waals surface area (Å²) in [7, 11) is 1.52. The molecule has 0 aromatic heterocycles. The molecule has 1 fully saturated rings. The van der Waals surface area contributed by atoms with E-state index in [4.69, 9.17) is 5.73 Å². The van der Waals surface area contributed by atoms with E-state index in [1.807, 2.05) is 26.8 Å². The summed E-state index contributed by atoms with van der Waals surface area (Å²) in [6.45, 7) is 8.74. The average Bonchev–Trinajstić information content (AvgIpc) is 2.97. The van der Waals surface area contributed by atoms with Gasteiger partial charge in [-0.1, -0.05) is 45.0 Å². The summed E-state index contributed by atoms with van der Waals surface area (Å²) in [4.78, 5) is 56.1. The topological polar surface area (TPSA) is 145 Å². The molecular weight excluding hydrogens is 577 g/mol. The quantitative estimate of drug-likeness (QED) is 0.389. The van der Waals surface area contributed by atoms with Crippen LogP contribution >= 0.6 is 0 Å². The predicted octanol–water partition coefficient (Wildman–Crippen LogP) is 2.79. The summed E-state index contributed by atoms with van der Waals surface area (Å²) in [5, 5.41) is 16.2. The SMILES string of the molecule is CC(=O)N1CCCC[C@H](N(C)C(=O)[C@@H](N)Cc2ccc(F)cc2)C(=O)N[C@@H](Cc2ccc(O)c(C(C)(C)C)c2)C(=O)NCCC1. The minimum atomic E-state index is -0.971. The molecule has 3 atom stereocenters. The van der Waals surface area contributed by atoms with Gasteiger partial charge < -0.3 is 31.3 Å². The van der Waals surface area contributed by atoms with E-state index in [-0.39, 0.29) is 35.8 Å². The minimum Gasteiger partial charge on any atom is -0.508 e. The number of carbonyl (C=O) groups excluding carboxylic acids is 4. The summed E-state index contributed by atoms with van der Waals surface area (Å²) >= 11 is 0. The van der Waals surface area contributed by atoms with Crippen molar-refractivity contribution in [2.45, 2.75) is 89.8 Å². The van der Waals surface area contributed by atoms with Crippen LogP contribution in [-0.2, 0) is 37.4 Å². The van der Waals surface area contributed by atoms with Gasteiger partial charge in [-0.3, -0.25) is 19.2 Å². The molecule has 1 aliphatic rings. The van der Waals surface area contributed by atoms with Gasteiger partial charge >= 0.3 is 0 Å². The first-order valence-electron chi connectivity index (χ1n) is 15.6. The number of aromatic hydroxyl groups is 1. The first kappa shape index (κ1) is 35.5. The fourth-order valence-corrected chi connectivity index (χ4v) is 5.57. The first-order valence-corrected chi connectivity index (χ1v) is 15.6. The molecule has 4 amide bonds. The highest BCUT2D eigenvalue weighted by molar-refractivity contribution is 5.93. The molecule has 1 saturated heterocycles. The number of carbonyl (C=O) groups is 4. The highest BCUT2D eigenvalue weighted by Crippen LogP contribution is 2.31. The number of phenols is 1. The Kier molecular flexibility index (Phi) is 12.5. The van der Waals surface area contributed by atoms with Gasteiger partial charge in [0.2, 0.25) is 23.6 Å². The normalized spacial score (nSPS) is 19.6. The van der Waals surface area contributed by atoms with Crippen LogP contribution in [0.4, 0.5) is 4.39 Å². The Labute approximate surface area is 265 Å². The minimum absolute atomic E-state index is 0.0679. The monoisotopic (exact) mass is 625 g/mol. The smallest absolute Gasteiger partial charge is 0.243 e. The van der Waals surface area contributed by atoms with Crippen molar-refractivity contribution < 1.29 is 28.7 Å². The molecule has 0 unspecified atom stereocenters. The van der Waals surface area contributed by atoms with Crippen molar-refractivity contribution in [2.75, 3.05) is 26.7 Å². The molecule has 0 spiro atoms. The van der Waals surface area contributed by atoms with Crippen LogP contribution in [0.15, 0.2) is 42.5 Å². The van der Waals surface area contributed by atoms with E-state index >= 15 is 0 Å². The molecular formula is C34H48FN5O5. The van der Waals surface area contributed by atoms with Crippen LogP contribution in [0.1, 0.15) is 70.1 Å². The largest absolute Gasteiger partial charge is 0.508 e. The van der Waals surface area contributed by atoms with Crippen molar-refractivity contribution in [2.24, 2.45) is 5.73 Å². The van der Waals surface area contributed by atoms with Gasteiger partial charge in [0.15, 0.2) is 0 Å². The summed E-state index contributed by atoms with van der Waals surface area (Å²) in [5.74, 6) is -1.65. The summed E-state index contributed by atoms with van der Waals surface area (Å²) in [6.07, 6.45) is 2.36. The molecule has 0 bridgehead atoms. The van der Waals surface area contributed by atoms with Crippen LogP contribution in [-0.4, -0.2) is 83.3 Å². The predicted molar refractivity (Wildman–Crippen MR) is 171 cm³/mol. The van der Waals surface area contributed by atoms with Crippen LogP contribution in [0.2, 0.25) is 0 Å². The first-order chi connectivity index (χ1) is 21.2. The maximum Gasteiger partial charge on any atom is 0.243 e. The number of nitrogens with zero attached hydrogens (tertiary/aromatic N) is 2. The second-order valence-electron chi connectivity index (χ2n) is 12.9. The van der Waals surface area contributed by atoms with E-state index in [2.05, 4.69) is 10.6 Å². The Morgan fingerprint density at radius 3 is 2.33 bits per heavy atom. The van der Waals surface area contributed by atoms with E-state index in [9.17, 15) is 28.7 Å². The van der Waals surface area contributed by atoms with E-state index in [0.717, 1.165) is 11.1 Å². The third-order valence-electron chi connectivity index (χ3n) is 8.25. The van der Waals surface area contributed by atoms with E-state index < -0.39 is 35.8 Å². The molecule has 3 rings (SSSR count). The molecule has 0 saturated carbocycles. The number of amides is 4. The second-order valence-corrected chi connectivity index (χ2v) is 12.9. The zero-order valence-corrected chi connectivity index (χ0v) is 27.1. The second kappa shape index (κ2) is 15.8. The number of hydrogen-bond acceptors (Lipinski definition) is 6. The zero-order valence-electron chi connectivity index (χ0n) is 27.1. The van der Waals surface area contributed by atoms with E-state index in [1.54, 1.807) is 29.2 Å². The number of likely N-dealkylation sites (N-methyl/N-ethyl adjacent to an activating group) is 1. The van der Waals surface area contributed by atoms with Crippen LogP contribution in [0, 0.1) is 5.82 Å². The lowest BCUT2D eigenvalue weighted by molar-refractivity contribution is -0.141. The van der Waals surface area contributed by atoms with Crippen LogP contribution in [0.5, 0.6) is 5.75 Å². The van der Waals surface area contributed by atoms with Crippen LogP contribution < -0.4 is 16.4 Å². The fourth-order valence-electron chi connectivity index (χ4n) is 5.57. The third-order valence-corrected chi connectivity index (χ3v) is 8.25. The van der Waals surface area contributed by atoms with E-state index in [0.29, 0.717) is 50.9 Å². The molecule has 45 heavy (non-hydrogen) atoms. The van der Waals surface area contributed by atoms with Gasteiger partial charge in [0.05, 0.1) is 6.04 Å². The zero-order chi connectivity index (χ0) is 33.3. The van der Waals surface area contributed by atoms with Gasteiger partial charge in [0.1, 0.15) is 23.7 Å². The standard InChI is InChI=1S/C34H48FN5O5/c1-22(41)40-17-7-6-9-29(39(5)33(45)27(36)20-23-10-13-25(35)14-11-23)32(44)38-28(31(43)37-16-8-18-40)21-24-12-15-30(42)26(19-24)34(2,3)4/h10-15,19,27-29,42H,6-9,16-18,20-21,36H2,1-5H3,(H,37,43)(H,38,44)/t27-,28-,29-/m0/s1. The van der Waals surface area contributed by atoms with Gasteiger partial charge in [-0.25, -0.2) is 4.39 Å². The number of phenolic OH excluding ortho intramolecular Hbond substituents is 1. The Hall–Kier alpha value is -3.99. The van der Waals surface area contributed by atoms with Gasteiger partial charge in [-0.2, -0.15) is 0 Å². The highest BCUT2D eigenvalue weighted by Gasteiger charge is 2.33. The van der Waals surface area contributed by atoms with Gasteiger partial charge in [0.25, 0.3) is 0 Å². The lowest BCUT2D eigenvalue weighted by Gasteiger charge is -2.31. The molecule has 0 radical (unpaired) electrons. The molecule has 5 N–H and O–H groups in total. The molecule has 2 aromatic carbocycles. The molecule has 1 aliphatic heterocycles. The Morgan fingerprint density at radius 1 is 1.04 bits per heavy atom. The summed E-state index contributed by atoms with van der Waals surface area (Å²) in [5.41, 5.74) is 8.08. The number of rotatable bonds is 6.